The molecule has 6 nitrogen and oxygen atoms in total. The number of aromatic hydroxyl groups is 2. The Morgan fingerprint density at radius 1 is 1.05 bits per heavy atom. The Balaban J connectivity index is 2.34. The third kappa shape index (κ3) is 1.65. The number of phenolic OH excluding ortho intramolecular Hbond substituents is 2. The second-order valence-electron chi connectivity index (χ2n) is 3.95. The van der Waals surface area contributed by atoms with Gasteiger partial charge in [-0.1, -0.05) is 6.07 Å². The first-order valence-corrected chi connectivity index (χ1v) is 5.47. The molecule has 2 aromatic heterocycles. The Morgan fingerprint density at radius 2 is 1.79 bits per heavy atom. The van der Waals surface area contributed by atoms with Gasteiger partial charge in [-0.2, -0.15) is 5.26 Å². The molecule has 0 unspecified atom stereocenters. The van der Waals surface area contributed by atoms with E-state index in [2.05, 4.69) is 10.2 Å². The number of nitrogens with zero attached hydrogens (tertiary/aromatic N) is 4. The molecule has 3 rings (SSSR count). The van der Waals surface area contributed by atoms with E-state index >= 15 is 0 Å². The zero-order chi connectivity index (χ0) is 13.4. The molecule has 0 saturated carbocycles. The van der Waals surface area contributed by atoms with E-state index in [0.29, 0.717) is 11.2 Å². The van der Waals surface area contributed by atoms with Crippen molar-refractivity contribution >= 4 is 5.65 Å². The van der Waals surface area contributed by atoms with Gasteiger partial charge in [0.15, 0.2) is 11.5 Å². The summed E-state index contributed by atoms with van der Waals surface area (Å²) in [7, 11) is 0. The number of benzene rings is 1. The molecule has 2 heterocycles. The maximum atomic E-state index is 9.84. The molecule has 0 aliphatic carbocycles. The number of pyridine rings is 1. The van der Waals surface area contributed by atoms with Crippen LogP contribution in [-0.4, -0.2) is 24.8 Å². The van der Waals surface area contributed by atoms with Gasteiger partial charge in [-0.15, -0.1) is 10.2 Å². The Labute approximate surface area is 107 Å². The van der Waals surface area contributed by atoms with Crippen molar-refractivity contribution in [2.75, 3.05) is 0 Å². The van der Waals surface area contributed by atoms with Crippen molar-refractivity contribution in [3.8, 4) is 29.0 Å². The largest absolute Gasteiger partial charge is 0.507 e. The summed E-state index contributed by atoms with van der Waals surface area (Å²) in [6.45, 7) is 0. The Morgan fingerprint density at radius 3 is 2.47 bits per heavy atom. The van der Waals surface area contributed by atoms with Crippen LogP contribution in [0.4, 0.5) is 0 Å². The minimum absolute atomic E-state index is 0.100. The molecule has 0 saturated heterocycles. The van der Waals surface area contributed by atoms with Gasteiger partial charge < -0.3 is 10.2 Å². The van der Waals surface area contributed by atoms with Crippen molar-refractivity contribution in [3.05, 3.63) is 42.1 Å². The fourth-order valence-corrected chi connectivity index (χ4v) is 1.88. The maximum Gasteiger partial charge on any atom is 0.175 e. The first-order valence-electron chi connectivity index (χ1n) is 5.47. The molecule has 3 aromatic rings. The monoisotopic (exact) mass is 252 g/mol. The zero-order valence-electron chi connectivity index (χ0n) is 9.65. The summed E-state index contributed by atoms with van der Waals surface area (Å²) < 4.78 is 1.55. The molecule has 92 valence electrons. The molecular formula is C13H8N4O2. The van der Waals surface area contributed by atoms with Crippen LogP contribution in [0, 0.1) is 11.3 Å². The van der Waals surface area contributed by atoms with E-state index in [0.717, 1.165) is 0 Å². The van der Waals surface area contributed by atoms with Gasteiger partial charge in [-0.05, 0) is 24.3 Å². The van der Waals surface area contributed by atoms with E-state index in [1.807, 2.05) is 6.07 Å². The van der Waals surface area contributed by atoms with Crippen LogP contribution in [0.25, 0.3) is 17.0 Å². The topological polar surface area (TPSA) is 94.4 Å². The molecule has 0 bridgehead atoms. The normalized spacial score (nSPS) is 10.5. The Kier molecular flexibility index (Phi) is 2.32. The molecule has 0 amide bonds. The number of nitriles is 1. The van der Waals surface area contributed by atoms with Crippen molar-refractivity contribution in [1.29, 1.82) is 5.26 Å². The molecule has 0 aliphatic rings. The SMILES string of the molecule is N#Cc1ccc2nnc(-c3c(O)cccc3O)n2c1. The highest BCUT2D eigenvalue weighted by Gasteiger charge is 2.16. The van der Waals surface area contributed by atoms with Crippen LogP contribution in [0.1, 0.15) is 5.56 Å². The van der Waals surface area contributed by atoms with Gasteiger partial charge in [0.2, 0.25) is 0 Å². The Bertz CT molecular complexity index is 797. The fraction of sp³-hybridized carbons (Fsp3) is 0. The van der Waals surface area contributed by atoms with Crippen LogP contribution < -0.4 is 0 Å². The third-order valence-corrected chi connectivity index (χ3v) is 2.78. The summed E-state index contributed by atoms with van der Waals surface area (Å²) in [5, 5.41) is 36.5. The summed E-state index contributed by atoms with van der Waals surface area (Å²) in [5.74, 6) is 0.0796. The maximum absolute atomic E-state index is 9.84. The number of fused-ring (bicyclic) bond motifs is 1. The number of hydrogen-bond donors (Lipinski definition) is 2. The molecule has 6 heteroatoms. The van der Waals surface area contributed by atoms with Gasteiger partial charge in [0.05, 0.1) is 5.56 Å². The lowest BCUT2D eigenvalue weighted by Gasteiger charge is -2.05. The van der Waals surface area contributed by atoms with Crippen LogP contribution in [0.15, 0.2) is 36.5 Å². The molecule has 19 heavy (non-hydrogen) atoms. The van der Waals surface area contributed by atoms with Gasteiger partial charge in [0, 0.05) is 6.20 Å². The van der Waals surface area contributed by atoms with Crippen molar-refractivity contribution in [2.45, 2.75) is 0 Å². The van der Waals surface area contributed by atoms with E-state index in [9.17, 15) is 10.2 Å². The summed E-state index contributed by atoms with van der Waals surface area (Å²) in [4.78, 5) is 0. The van der Waals surface area contributed by atoms with Crippen molar-refractivity contribution in [3.63, 3.8) is 0 Å². The molecule has 1 aromatic carbocycles. The Hall–Kier alpha value is -3.07. The van der Waals surface area contributed by atoms with Crippen LogP contribution in [-0.2, 0) is 0 Å². The molecule has 0 spiro atoms. The quantitative estimate of drug-likeness (QED) is 0.687. The number of aromatic nitrogens is 3. The highest BCUT2D eigenvalue weighted by Crippen LogP contribution is 2.35. The van der Waals surface area contributed by atoms with Gasteiger partial charge >= 0.3 is 0 Å². The molecule has 0 radical (unpaired) electrons. The number of phenols is 2. The fourth-order valence-electron chi connectivity index (χ4n) is 1.88. The van der Waals surface area contributed by atoms with E-state index in [1.54, 1.807) is 22.7 Å². The number of hydrogen-bond acceptors (Lipinski definition) is 5. The van der Waals surface area contributed by atoms with Gasteiger partial charge in [0.1, 0.15) is 23.1 Å². The standard InChI is InChI=1S/C13H8N4O2/c14-6-8-4-5-11-15-16-13(17(11)7-8)12-9(18)2-1-3-10(12)19/h1-5,7,18-19H. The minimum Gasteiger partial charge on any atom is -0.507 e. The van der Waals surface area contributed by atoms with Gasteiger partial charge in [-0.3, -0.25) is 4.40 Å². The predicted octanol–water partition coefficient (Wildman–Crippen LogP) is 1.68. The van der Waals surface area contributed by atoms with Crippen LogP contribution in [0.2, 0.25) is 0 Å². The molecule has 0 fully saturated rings. The first-order chi connectivity index (χ1) is 9.20. The lowest BCUT2D eigenvalue weighted by Crippen LogP contribution is -1.91. The second kappa shape index (κ2) is 3.99. The van der Waals surface area contributed by atoms with Gasteiger partial charge in [0.25, 0.3) is 0 Å². The summed E-state index contributed by atoms with van der Waals surface area (Å²) in [6.07, 6.45) is 1.55. The summed E-state index contributed by atoms with van der Waals surface area (Å²) in [6, 6.07) is 9.71. The molecule has 0 atom stereocenters. The lowest BCUT2D eigenvalue weighted by atomic mass is 10.1. The van der Waals surface area contributed by atoms with Crippen LogP contribution in [0.3, 0.4) is 0 Å². The van der Waals surface area contributed by atoms with E-state index in [4.69, 9.17) is 5.26 Å². The van der Waals surface area contributed by atoms with Crippen LogP contribution in [0.5, 0.6) is 11.5 Å². The highest BCUT2D eigenvalue weighted by atomic mass is 16.3. The van der Waals surface area contributed by atoms with Crippen molar-refractivity contribution < 1.29 is 10.2 Å². The van der Waals surface area contributed by atoms with Crippen LogP contribution >= 0.6 is 0 Å². The predicted molar refractivity (Wildman–Crippen MR) is 66.5 cm³/mol. The van der Waals surface area contributed by atoms with E-state index in [-0.39, 0.29) is 22.9 Å². The smallest absolute Gasteiger partial charge is 0.175 e. The molecular weight excluding hydrogens is 244 g/mol. The average Bonchev–Trinajstić information content (AvgIpc) is 2.81. The minimum atomic E-state index is -0.100. The highest BCUT2D eigenvalue weighted by molar-refractivity contribution is 5.72. The van der Waals surface area contributed by atoms with E-state index < -0.39 is 0 Å². The summed E-state index contributed by atoms with van der Waals surface area (Å²) >= 11 is 0. The number of rotatable bonds is 1. The average molecular weight is 252 g/mol. The molecule has 2 N–H and O–H groups in total. The molecule has 0 aliphatic heterocycles. The third-order valence-electron chi connectivity index (χ3n) is 2.78. The van der Waals surface area contributed by atoms with E-state index in [1.165, 1.54) is 18.2 Å². The second-order valence-corrected chi connectivity index (χ2v) is 3.95. The van der Waals surface area contributed by atoms with Gasteiger partial charge in [-0.25, -0.2) is 0 Å². The summed E-state index contributed by atoms with van der Waals surface area (Å²) in [5.41, 5.74) is 1.14. The first kappa shape index (κ1) is 11.0. The lowest BCUT2D eigenvalue weighted by molar-refractivity contribution is 0.453. The zero-order valence-corrected chi connectivity index (χ0v) is 9.65. The van der Waals surface area contributed by atoms with Crippen molar-refractivity contribution in [2.24, 2.45) is 0 Å². The van der Waals surface area contributed by atoms with Crippen molar-refractivity contribution in [1.82, 2.24) is 14.6 Å².